The highest BCUT2D eigenvalue weighted by Crippen LogP contribution is 2.21. The zero-order valence-corrected chi connectivity index (χ0v) is 12.1. The Kier molecular flexibility index (Phi) is 5.71. The molecule has 1 heterocycles. The third kappa shape index (κ3) is 5.17. The van der Waals surface area contributed by atoms with Gasteiger partial charge in [-0.1, -0.05) is 37.3 Å². The first-order chi connectivity index (χ1) is 10.1. The molecule has 1 amide bonds. The SMILES string of the molecule is O=C(Cn1cc(C(=O)O)nn1)NCC1CCCCCCC1. The van der Waals surface area contributed by atoms with E-state index in [0.717, 1.165) is 0 Å². The van der Waals surface area contributed by atoms with Crippen LogP contribution < -0.4 is 5.32 Å². The first-order valence-corrected chi connectivity index (χ1v) is 7.55. The summed E-state index contributed by atoms with van der Waals surface area (Å²) in [5, 5.41) is 18.8. The normalized spacial score (nSPS) is 17.0. The summed E-state index contributed by atoms with van der Waals surface area (Å²) in [4.78, 5) is 22.5. The lowest BCUT2D eigenvalue weighted by Crippen LogP contribution is -2.32. The second-order valence-corrected chi connectivity index (χ2v) is 5.62. The first-order valence-electron chi connectivity index (χ1n) is 7.55. The van der Waals surface area contributed by atoms with Crippen LogP contribution >= 0.6 is 0 Å². The zero-order valence-electron chi connectivity index (χ0n) is 12.1. The molecule has 116 valence electrons. The molecular formula is C14H22N4O3. The molecule has 0 aromatic carbocycles. The van der Waals surface area contributed by atoms with Crippen LogP contribution in [0.3, 0.4) is 0 Å². The predicted octanol–water partition coefficient (Wildman–Crippen LogP) is 1.45. The molecule has 2 rings (SSSR count). The highest BCUT2D eigenvalue weighted by molar-refractivity contribution is 5.84. The number of nitrogens with zero attached hydrogens (tertiary/aromatic N) is 3. The molecule has 0 saturated heterocycles. The number of aromatic nitrogens is 3. The summed E-state index contributed by atoms with van der Waals surface area (Å²) >= 11 is 0. The maximum absolute atomic E-state index is 11.8. The van der Waals surface area contributed by atoms with E-state index in [1.54, 1.807) is 0 Å². The quantitative estimate of drug-likeness (QED) is 0.856. The molecule has 1 saturated carbocycles. The van der Waals surface area contributed by atoms with Crippen LogP contribution in [0, 0.1) is 5.92 Å². The van der Waals surface area contributed by atoms with Gasteiger partial charge in [0.05, 0.1) is 6.20 Å². The van der Waals surface area contributed by atoms with Gasteiger partial charge in [0, 0.05) is 6.54 Å². The van der Waals surface area contributed by atoms with Gasteiger partial charge in [0.25, 0.3) is 0 Å². The zero-order chi connectivity index (χ0) is 15.1. The minimum Gasteiger partial charge on any atom is -0.476 e. The van der Waals surface area contributed by atoms with Crippen LogP contribution in [0.4, 0.5) is 0 Å². The molecule has 1 fully saturated rings. The summed E-state index contributed by atoms with van der Waals surface area (Å²) in [6.07, 6.45) is 10.0. The van der Waals surface area contributed by atoms with E-state index in [1.165, 1.54) is 55.8 Å². The molecule has 1 aliphatic rings. The second-order valence-electron chi connectivity index (χ2n) is 5.62. The Bertz CT molecular complexity index is 478. The largest absolute Gasteiger partial charge is 0.476 e. The van der Waals surface area contributed by atoms with Crippen molar-refractivity contribution in [3.63, 3.8) is 0 Å². The lowest BCUT2D eigenvalue weighted by molar-refractivity contribution is -0.122. The first kappa shape index (κ1) is 15.5. The third-order valence-electron chi connectivity index (χ3n) is 3.88. The number of carbonyl (C=O) groups excluding carboxylic acids is 1. The van der Waals surface area contributed by atoms with Gasteiger partial charge in [-0.15, -0.1) is 5.10 Å². The monoisotopic (exact) mass is 294 g/mol. The highest BCUT2D eigenvalue weighted by atomic mass is 16.4. The van der Waals surface area contributed by atoms with E-state index in [9.17, 15) is 9.59 Å². The second kappa shape index (κ2) is 7.75. The van der Waals surface area contributed by atoms with Crippen molar-refractivity contribution in [1.82, 2.24) is 20.3 Å². The smallest absolute Gasteiger partial charge is 0.358 e. The highest BCUT2D eigenvalue weighted by Gasteiger charge is 2.14. The van der Waals surface area contributed by atoms with E-state index in [-0.39, 0.29) is 18.1 Å². The maximum Gasteiger partial charge on any atom is 0.358 e. The number of aromatic carboxylic acids is 1. The fourth-order valence-electron chi connectivity index (χ4n) is 2.68. The molecule has 0 radical (unpaired) electrons. The summed E-state index contributed by atoms with van der Waals surface area (Å²) in [5.74, 6) is -0.741. The van der Waals surface area contributed by atoms with Crippen molar-refractivity contribution in [1.29, 1.82) is 0 Å². The third-order valence-corrected chi connectivity index (χ3v) is 3.88. The van der Waals surface area contributed by atoms with Gasteiger partial charge in [-0.3, -0.25) is 4.79 Å². The molecule has 0 spiro atoms. The van der Waals surface area contributed by atoms with Gasteiger partial charge in [-0.2, -0.15) is 0 Å². The molecule has 7 heteroatoms. The van der Waals surface area contributed by atoms with Crippen LogP contribution in [-0.4, -0.2) is 38.5 Å². The fraction of sp³-hybridized carbons (Fsp3) is 0.714. The van der Waals surface area contributed by atoms with Crippen molar-refractivity contribution >= 4 is 11.9 Å². The number of carboxylic acids is 1. The predicted molar refractivity (Wildman–Crippen MR) is 75.8 cm³/mol. The van der Waals surface area contributed by atoms with E-state index in [2.05, 4.69) is 15.6 Å². The topological polar surface area (TPSA) is 97.1 Å². The van der Waals surface area contributed by atoms with Crippen LogP contribution in [-0.2, 0) is 11.3 Å². The van der Waals surface area contributed by atoms with Crippen LogP contribution in [0.1, 0.15) is 55.4 Å². The minimum atomic E-state index is -1.14. The number of amides is 1. The van der Waals surface area contributed by atoms with Crippen molar-refractivity contribution < 1.29 is 14.7 Å². The van der Waals surface area contributed by atoms with Gasteiger partial charge in [-0.05, 0) is 18.8 Å². The summed E-state index contributed by atoms with van der Waals surface area (Å²) in [6, 6.07) is 0. The minimum absolute atomic E-state index is 0.00694. The Balaban J connectivity index is 1.74. The molecule has 0 atom stereocenters. The Morgan fingerprint density at radius 2 is 1.90 bits per heavy atom. The summed E-state index contributed by atoms with van der Waals surface area (Å²) < 4.78 is 1.25. The van der Waals surface area contributed by atoms with Crippen LogP contribution in [0.25, 0.3) is 0 Å². The summed E-state index contributed by atoms with van der Waals surface area (Å²) in [7, 11) is 0. The maximum atomic E-state index is 11.8. The standard InChI is InChI=1S/C14H22N4O3/c19-13(10-18-9-12(14(20)21)16-17-18)15-8-11-6-4-2-1-3-5-7-11/h9,11H,1-8,10H2,(H,15,19)(H,20,21). The number of hydrogen-bond acceptors (Lipinski definition) is 4. The van der Waals surface area contributed by atoms with Gasteiger partial charge in [-0.25, -0.2) is 9.48 Å². The van der Waals surface area contributed by atoms with Crippen molar-refractivity contribution in [3.8, 4) is 0 Å². The molecule has 1 aliphatic carbocycles. The van der Waals surface area contributed by atoms with Crippen molar-refractivity contribution in [3.05, 3.63) is 11.9 Å². The number of carbonyl (C=O) groups is 2. The molecule has 21 heavy (non-hydrogen) atoms. The Morgan fingerprint density at radius 1 is 1.24 bits per heavy atom. The van der Waals surface area contributed by atoms with Crippen molar-refractivity contribution in [2.45, 2.75) is 51.5 Å². The molecule has 0 aliphatic heterocycles. The van der Waals surface area contributed by atoms with Crippen molar-refractivity contribution in [2.24, 2.45) is 5.92 Å². The fourth-order valence-corrected chi connectivity index (χ4v) is 2.68. The summed E-state index contributed by atoms with van der Waals surface area (Å²) in [6.45, 7) is 0.701. The van der Waals surface area contributed by atoms with Gasteiger partial charge >= 0.3 is 5.97 Å². The average Bonchev–Trinajstić information content (AvgIpc) is 2.86. The number of nitrogens with one attached hydrogen (secondary N) is 1. The lowest BCUT2D eigenvalue weighted by atomic mass is 9.91. The van der Waals surface area contributed by atoms with Crippen LogP contribution in [0.15, 0.2) is 6.20 Å². The Morgan fingerprint density at radius 3 is 2.52 bits per heavy atom. The van der Waals surface area contributed by atoms with Gasteiger partial charge in [0.15, 0.2) is 5.69 Å². The molecule has 7 nitrogen and oxygen atoms in total. The van der Waals surface area contributed by atoms with E-state index in [4.69, 9.17) is 5.11 Å². The van der Waals surface area contributed by atoms with E-state index in [0.29, 0.717) is 12.5 Å². The van der Waals surface area contributed by atoms with Crippen molar-refractivity contribution in [2.75, 3.05) is 6.54 Å². The Hall–Kier alpha value is -1.92. The average molecular weight is 294 g/mol. The van der Waals surface area contributed by atoms with Gasteiger partial charge in [0.1, 0.15) is 6.54 Å². The molecular weight excluding hydrogens is 272 g/mol. The van der Waals surface area contributed by atoms with Crippen LogP contribution in [0.5, 0.6) is 0 Å². The number of carboxylic acid groups (broad SMARTS) is 1. The molecule has 1 aromatic heterocycles. The van der Waals surface area contributed by atoms with Gasteiger partial charge < -0.3 is 10.4 Å². The molecule has 1 aromatic rings. The molecule has 0 unspecified atom stereocenters. The van der Waals surface area contributed by atoms with Crippen LogP contribution in [0.2, 0.25) is 0 Å². The van der Waals surface area contributed by atoms with E-state index < -0.39 is 5.97 Å². The Labute approximate surface area is 123 Å². The summed E-state index contributed by atoms with van der Waals surface area (Å²) in [5.41, 5.74) is -0.150. The molecule has 2 N–H and O–H groups in total. The van der Waals surface area contributed by atoms with E-state index >= 15 is 0 Å². The lowest BCUT2D eigenvalue weighted by Gasteiger charge is -2.19. The van der Waals surface area contributed by atoms with E-state index in [1.807, 2.05) is 0 Å². The van der Waals surface area contributed by atoms with Gasteiger partial charge in [0.2, 0.25) is 5.91 Å². The number of rotatable bonds is 5. The molecule has 0 bridgehead atoms. The number of hydrogen-bond donors (Lipinski definition) is 2.